The summed E-state index contributed by atoms with van der Waals surface area (Å²) in [6.07, 6.45) is 0. The van der Waals surface area contributed by atoms with E-state index in [1.807, 2.05) is 18.2 Å². The highest BCUT2D eigenvalue weighted by molar-refractivity contribution is 6.11. The second kappa shape index (κ2) is 4.42. The lowest BCUT2D eigenvalue weighted by Gasteiger charge is -2.34. The Morgan fingerprint density at radius 1 is 1.44 bits per heavy atom. The van der Waals surface area contributed by atoms with E-state index in [0.29, 0.717) is 5.69 Å². The molecule has 5 nitrogen and oxygen atoms in total. The maximum atomic E-state index is 12.4. The molecule has 1 aliphatic heterocycles. The second-order valence-electron chi connectivity index (χ2n) is 5.04. The molecule has 2 amide bonds. The van der Waals surface area contributed by atoms with Crippen molar-refractivity contribution in [3.05, 3.63) is 24.3 Å². The molecular weight excluding hydrogens is 230 g/mol. The third kappa shape index (κ3) is 2.09. The lowest BCUT2D eigenvalue weighted by Crippen LogP contribution is -2.49. The lowest BCUT2D eigenvalue weighted by molar-refractivity contribution is -0.127. The predicted octanol–water partition coefficient (Wildman–Crippen LogP) is 0.957. The fourth-order valence-electron chi connectivity index (χ4n) is 1.87. The Kier molecular flexibility index (Phi) is 3.09. The number of nitrogens with two attached hydrogens (primary N) is 1. The van der Waals surface area contributed by atoms with Gasteiger partial charge in [-0.25, -0.2) is 0 Å². The van der Waals surface area contributed by atoms with E-state index in [1.165, 1.54) is 4.90 Å². The van der Waals surface area contributed by atoms with E-state index in [0.717, 1.165) is 5.69 Å². The molecule has 0 saturated heterocycles. The van der Waals surface area contributed by atoms with Crippen LogP contribution in [0.5, 0.6) is 0 Å². The van der Waals surface area contributed by atoms with Gasteiger partial charge in [-0.05, 0) is 26.0 Å². The number of para-hydroxylation sites is 2. The average Bonchev–Trinajstić information content (AvgIpc) is 2.36. The first kappa shape index (κ1) is 12.6. The summed E-state index contributed by atoms with van der Waals surface area (Å²) in [4.78, 5) is 25.5. The van der Waals surface area contributed by atoms with Gasteiger partial charge in [-0.3, -0.25) is 9.59 Å². The first-order valence-corrected chi connectivity index (χ1v) is 5.86. The normalized spacial score (nSPS) is 15.1. The van der Waals surface area contributed by atoms with Crippen molar-refractivity contribution in [1.82, 2.24) is 0 Å². The number of amides is 2. The van der Waals surface area contributed by atoms with Gasteiger partial charge in [0, 0.05) is 6.54 Å². The fourth-order valence-corrected chi connectivity index (χ4v) is 1.87. The number of nitrogens with one attached hydrogen (secondary N) is 1. The van der Waals surface area contributed by atoms with Crippen LogP contribution in [0.4, 0.5) is 11.4 Å². The van der Waals surface area contributed by atoms with Crippen molar-refractivity contribution in [3.8, 4) is 0 Å². The number of carbonyl (C=O) groups excluding carboxylic acids is 2. The molecule has 96 valence electrons. The van der Waals surface area contributed by atoms with Crippen molar-refractivity contribution >= 4 is 23.2 Å². The summed E-state index contributed by atoms with van der Waals surface area (Å²) in [6.45, 7) is 3.85. The summed E-state index contributed by atoms with van der Waals surface area (Å²) in [6, 6.07) is 7.26. The Labute approximate surface area is 106 Å². The Bertz CT molecular complexity index is 497. The van der Waals surface area contributed by atoms with Gasteiger partial charge in [0.05, 0.1) is 16.8 Å². The molecular formula is C13H17N3O2. The van der Waals surface area contributed by atoms with Gasteiger partial charge >= 0.3 is 0 Å². The zero-order chi connectivity index (χ0) is 13.3. The van der Waals surface area contributed by atoms with Crippen LogP contribution < -0.4 is 16.0 Å². The molecule has 0 bridgehead atoms. The molecule has 0 aliphatic carbocycles. The molecule has 1 aliphatic rings. The number of hydrogen-bond acceptors (Lipinski definition) is 3. The standard InChI is InChI=1S/C13H17N3O2/c1-13(2,8-14)12(18)16-7-11(17)15-9-5-3-4-6-10(9)16/h3-6H,7-8,14H2,1-2H3,(H,15,17). The maximum absolute atomic E-state index is 12.4. The number of fused-ring (bicyclic) bond motifs is 1. The van der Waals surface area contributed by atoms with Crippen LogP contribution in [0, 0.1) is 5.41 Å². The van der Waals surface area contributed by atoms with E-state index in [2.05, 4.69) is 5.32 Å². The van der Waals surface area contributed by atoms with Crippen LogP contribution in [0.25, 0.3) is 0 Å². The van der Waals surface area contributed by atoms with Gasteiger partial charge in [0.15, 0.2) is 0 Å². The monoisotopic (exact) mass is 247 g/mol. The van der Waals surface area contributed by atoms with Crippen LogP contribution in [0.15, 0.2) is 24.3 Å². The average molecular weight is 247 g/mol. The zero-order valence-electron chi connectivity index (χ0n) is 10.6. The van der Waals surface area contributed by atoms with Gasteiger partial charge in [-0.15, -0.1) is 0 Å². The Morgan fingerprint density at radius 3 is 2.78 bits per heavy atom. The van der Waals surface area contributed by atoms with Gasteiger partial charge in [-0.2, -0.15) is 0 Å². The Morgan fingerprint density at radius 2 is 2.11 bits per heavy atom. The molecule has 0 spiro atoms. The summed E-state index contributed by atoms with van der Waals surface area (Å²) in [5.74, 6) is -0.317. The summed E-state index contributed by atoms with van der Waals surface area (Å²) >= 11 is 0. The van der Waals surface area contributed by atoms with Crippen LogP contribution in [-0.4, -0.2) is 24.9 Å². The highest BCUT2D eigenvalue weighted by Crippen LogP contribution is 2.31. The first-order chi connectivity index (χ1) is 8.45. The van der Waals surface area contributed by atoms with E-state index in [4.69, 9.17) is 5.73 Å². The quantitative estimate of drug-likeness (QED) is 0.817. The summed E-state index contributed by atoms with van der Waals surface area (Å²) < 4.78 is 0. The van der Waals surface area contributed by atoms with Gasteiger partial charge in [0.2, 0.25) is 11.8 Å². The van der Waals surface area contributed by atoms with Crippen molar-refractivity contribution in [3.63, 3.8) is 0 Å². The summed E-state index contributed by atoms with van der Waals surface area (Å²) in [5, 5.41) is 2.75. The van der Waals surface area contributed by atoms with E-state index in [1.54, 1.807) is 19.9 Å². The van der Waals surface area contributed by atoms with Crippen LogP contribution in [0.3, 0.4) is 0 Å². The number of benzene rings is 1. The molecule has 2 rings (SSSR count). The SMILES string of the molecule is CC(C)(CN)C(=O)N1CC(=O)Nc2ccccc21. The third-order valence-corrected chi connectivity index (χ3v) is 3.11. The number of anilines is 2. The molecule has 0 aromatic heterocycles. The third-order valence-electron chi connectivity index (χ3n) is 3.11. The smallest absolute Gasteiger partial charge is 0.244 e. The number of nitrogens with zero attached hydrogens (tertiary/aromatic N) is 1. The molecule has 0 fully saturated rings. The zero-order valence-corrected chi connectivity index (χ0v) is 10.6. The topological polar surface area (TPSA) is 75.4 Å². The van der Waals surface area contributed by atoms with E-state index < -0.39 is 5.41 Å². The summed E-state index contributed by atoms with van der Waals surface area (Å²) in [7, 11) is 0. The minimum atomic E-state index is -0.676. The maximum Gasteiger partial charge on any atom is 0.244 e. The molecule has 0 saturated carbocycles. The minimum absolute atomic E-state index is 0.0409. The highest BCUT2D eigenvalue weighted by atomic mass is 16.2. The van der Waals surface area contributed by atoms with E-state index in [9.17, 15) is 9.59 Å². The van der Waals surface area contributed by atoms with Crippen LogP contribution in [0.2, 0.25) is 0 Å². The predicted molar refractivity (Wildman–Crippen MR) is 70.3 cm³/mol. The molecule has 0 atom stereocenters. The van der Waals surface area contributed by atoms with Crippen molar-refractivity contribution in [2.75, 3.05) is 23.3 Å². The molecule has 0 radical (unpaired) electrons. The number of rotatable bonds is 2. The van der Waals surface area contributed by atoms with Crippen LogP contribution >= 0.6 is 0 Å². The Balaban J connectivity index is 2.41. The molecule has 1 aromatic carbocycles. The van der Waals surface area contributed by atoms with Crippen molar-refractivity contribution in [1.29, 1.82) is 0 Å². The van der Waals surface area contributed by atoms with E-state index >= 15 is 0 Å². The molecule has 1 aromatic rings. The Hall–Kier alpha value is -1.88. The molecule has 5 heteroatoms. The number of hydrogen-bond donors (Lipinski definition) is 2. The van der Waals surface area contributed by atoms with Gasteiger partial charge in [0.1, 0.15) is 6.54 Å². The van der Waals surface area contributed by atoms with Crippen LogP contribution in [0.1, 0.15) is 13.8 Å². The van der Waals surface area contributed by atoms with Crippen molar-refractivity contribution < 1.29 is 9.59 Å². The molecule has 3 N–H and O–H groups in total. The lowest BCUT2D eigenvalue weighted by atomic mass is 9.91. The van der Waals surface area contributed by atoms with Gasteiger partial charge < -0.3 is 16.0 Å². The van der Waals surface area contributed by atoms with Crippen molar-refractivity contribution in [2.24, 2.45) is 11.1 Å². The minimum Gasteiger partial charge on any atom is -0.329 e. The van der Waals surface area contributed by atoms with Crippen molar-refractivity contribution in [2.45, 2.75) is 13.8 Å². The second-order valence-corrected chi connectivity index (χ2v) is 5.04. The summed E-state index contributed by atoms with van der Waals surface area (Å²) in [5.41, 5.74) is 6.33. The first-order valence-electron chi connectivity index (χ1n) is 5.86. The molecule has 1 heterocycles. The number of carbonyl (C=O) groups is 2. The fraction of sp³-hybridized carbons (Fsp3) is 0.385. The van der Waals surface area contributed by atoms with E-state index in [-0.39, 0.29) is 24.9 Å². The highest BCUT2D eigenvalue weighted by Gasteiger charge is 2.35. The van der Waals surface area contributed by atoms with Gasteiger partial charge in [0.25, 0.3) is 0 Å². The van der Waals surface area contributed by atoms with Crippen LogP contribution in [-0.2, 0) is 9.59 Å². The largest absolute Gasteiger partial charge is 0.329 e. The van der Waals surface area contributed by atoms with Gasteiger partial charge in [-0.1, -0.05) is 12.1 Å². The molecule has 0 unspecified atom stereocenters. The molecule has 18 heavy (non-hydrogen) atoms.